The second-order valence-electron chi connectivity index (χ2n) is 4.70. The third-order valence-electron chi connectivity index (χ3n) is 3.15. The molecule has 1 amide bonds. The fraction of sp³-hybridized carbons (Fsp3) is 0.357. The van der Waals surface area contributed by atoms with Gasteiger partial charge in [0.2, 0.25) is 0 Å². The number of Topliss-reactive ketones (excluding diaryl/α,β-unsaturated/α-hetero) is 1. The molecule has 1 aromatic rings. The van der Waals surface area contributed by atoms with E-state index in [1.165, 1.54) is 0 Å². The minimum Gasteiger partial charge on any atom is -0.466 e. The van der Waals surface area contributed by atoms with Crippen LogP contribution in [0.5, 0.6) is 0 Å². The number of nitrogens with one attached hydrogen (secondary N) is 1. The van der Waals surface area contributed by atoms with Crippen LogP contribution in [0.15, 0.2) is 22.7 Å². The van der Waals surface area contributed by atoms with Gasteiger partial charge in [-0.2, -0.15) is 0 Å². The first kappa shape index (κ1) is 15.7. The van der Waals surface area contributed by atoms with E-state index in [9.17, 15) is 19.5 Å². The third-order valence-corrected chi connectivity index (χ3v) is 3.64. The molecule has 21 heavy (non-hydrogen) atoms. The number of anilines is 1. The molecule has 2 rings (SSSR count). The fourth-order valence-corrected chi connectivity index (χ4v) is 2.57. The summed E-state index contributed by atoms with van der Waals surface area (Å²) in [6.45, 7) is 1.81. The van der Waals surface area contributed by atoms with Gasteiger partial charge < -0.3 is 15.2 Å². The van der Waals surface area contributed by atoms with Gasteiger partial charge in [-0.05, 0) is 25.1 Å². The van der Waals surface area contributed by atoms with Crippen LogP contribution in [-0.2, 0) is 24.7 Å². The standard InChI is InChI=1S/C14H14BrNO5/c1-2-21-12(18)6-9(17)7-14(20)10-5-8(15)3-4-11(10)16-13(14)19/h3-5,20H,2,6-7H2,1H3,(H,16,19). The normalized spacial score (nSPS) is 19.9. The van der Waals surface area contributed by atoms with Gasteiger partial charge in [0, 0.05) is 22.1 Å². The molecule has 1 heterocycles. The number of hydrogen-bond donors (Lipinski definition) is 2. The van der Waals surface area contributed by atoms with Crippen molar-refractivity contribution in [2.45, 2.75) is 25.4 Å². The molecule has 0 aromatic heterocycles. The number of halogens is 1. The summed E-state index contributed by atoms with van der Waals surface area (Å²) < 4.78 is 5.35. The van der Waals surface area contributed by atoms with Crippen molar-refractivity contribution in [1.29, 1.82) is 0 Å². The monoisotopic (exact) mass is 355 g/mol. The Morgan fingerprint density at radius 1 is 1.43 bits per heavy atom. The van der Waals surface area contributed by atoms with E-state index >= 15 is 0 Å². The van der Waals surface area contributed by atoms with Gasteiger partial charge >= 0.3 is 5.97 Å². The van der Waals surface area contributed by atoms with Gasteiger partial charge in [-0.15, -0.1) is 0 Å². The molecule has 112 valence electrons. The number of esters is 1. The number of rotatable bonds is 5. The molecule has 1 aliphatic rings. The number of carbonyl (C=O) groups excluding carboxylic acids is 3. The predicted molar refractivity (Wildman–Crippen MR) is 77.5 cm³/mol. The van der Waals surface area contributed by atoms with E-state index in [1.54, 1.807) is 25.1 Å². The zero-order valence-electron chi connectivity index (χ0n) is 11.3. The van der Waals surface area contributed by atoms with Gasteiger partial charge in [-0.25, -0.2) is 0 Å². The van der Waals surface area contributed by atoms with Crippen molar-refractivity contribution >= 4 is 39.3 Å². The molecule has 7 heteroatoms. The first-order valence-corrected chi connectivity index (χ1v) is 7.17. The van der Waals surface area contributed by atoms with Crippen LogP contribution >= 0.6 is 15.9 Å². The van der Waals surface area contributed by atoms with Crippen LogP contribution in [0, 0.1) is 0 Å². The highest BCUT2D eigenvalue weighted by molar-refractivity contribution is 9.10. The Labute approximate surface area is 129 Å². The van der Waals surface area contributed by atoms with E-state index in [0.29, 0.717) is 15.7 Å². The lowest BCUT2D eigenvalue weighted by Gasteiger charge is -2.19. The van der Waals surface area contributed by atoms with E-state index in [4.69, 9.17) is 0 Å². The lowest BCUT2D eigenvalue weighted by atomic mass is 9.89. The maximum absolute atomic E-state index is 12.0. The summed E-state index contributed by atoms with van der Waals surface area (Å²) in [7, 11) is 0. The van der Waals surface area contributed by atoms with E-state index in [1.807, 2.05) is 0 Å². The van der Waals surface area contributed by atoms with Crippen molar-refractivity contribution < 1.29 is 24.2 Å². The minimum absolute atomic E-state index is 0.173. The largest absolute Gasteiger partial charge is 0.466 e. The average molecular weight is 356 g/mol. The SMILES string of the molecule is CCOC(=O)CC(=O)CC1(O)C(=O)Nc2ccc(Br)cc21. The molecule has 1 aromatic carbocycles. The van der Waals surface area contributed by atoms with Gasteiger partial charge in [0.1, 0.15) is 12.2 Å². The first-order valence-electron chi connectivity index (χ1n) is 6.38. The van der Waals surface area contributed by atoms with E-state index < -0.39 is 36.1 Å². The maximum Gasteiger partial charge on any atom is 0.313 e. The van der Waals surface area contributed by atoms with Crippen molar-refractivity contribution in [3.05, 3.63) is 28.2 Å². The summed E-state index contributed by atoms with van der Waals surface area (Å²) in [4.78, 5) is 35.1. The highest BCUT2D eigenvalue weighted by atomic mass is 79.9. The third kappa shape index (κ3) is 3.14. The molecule has 0 aliphatic carbocycles. The summed E-state index contributed by atoms with van der Waals surface area (Å²) in [6, 6.07) is 4.92. The summed E-state index contributed by atoms with van der Waals surface area (Å²) in [5, 5.41) is 13.1. The summed E-state index contributed by atoms with van der Waals surface area (Å²) in [5.74, 6) is -1.90. The highest BCUT2D eigenvalue weighted by Gasteiger charge is 2.46. The zero-order chi connectivity index (χ0) is 15.6. The second-order valence-corrected chi connectivity index (χ2v) is 5.62. The molecule has 0 saturated heterocycles. The minimum atomic E-state index is -1.96. The predicted octanol–water partition coefficient (Wildman–Crippen LogP) is 1.50. The van der Waals surface area contributed by atoms with Crippen LogP contribution < -0.4 is 5.32 Å². The van der Waals surface area contributed by atoms with Gasteiger partial charge in [-0.1, -0.05) is 15.9 Å². The average Bonchev–Trinajstić information content (AvgIpc) is 2.62. The number of amides is 1. The fourth-order valence-electron chi connectivity index (χ4n) is 2.21. The molecule has 0 fully saturated rings. The van der Waals surface area contributed by atoms with Crippen LogP contribution in [0.4, 0.5) is 5.69 Å². The lowest BCUT2D eigenvalue weighted by Crippen LogP contribution is -2.37. The molecule has 2 N–H and O–H groups in total. The molecular weight excluding hydrogens is 342 g/mol. The second kappa shape index (κ2) is 5.95. The molecule has 0 spiro atoms. The Kier molecular flexibility index (Phi) is 4.43. The van der Waals surface area contributed by atoms with Crippen LogP contribution in [0.3, 0.4) is 0 Å². The Hall–Kier alpha value is -1.73. The Bertz CT molecular complexity index is 615. The molecule has 0 bridgehead atoms. The number of carbonyl (C=O) groups is 3. The van der Waals surface area contributed by atoms with Gasteiger partial charge in [0.25, 0.3) is 5.91 Å². The molecule has 0 radical (unpaired) electrons. The topological polar surface area (TPSA) is 92.7 Å². The van der Waals surface area contributed by atoms with Crippen LogP contribution in [-0.4, -0.2) is 29.4 Å². The lowest BCUT2D eigenvalue weighted by molar-refractivity contribution is -0.148. The maximum atomic E-state index is 12.0. The number of fused-ring (bicyclic) bond motifs is 1. The molecule has 1 unspecified atom stereocenters. The smallest absolute Gasteiger partial charge is 0.313 e. The molecular formula is C14H14BrNO5. The summed E-state index contributed by atoms with van der Waals surface area (Å²) in [6.07, 6.45) is -0.937. The van der Waals surface area contributed by atoms with Crippen molar-refractivity contribution in [3.63, 3.8) is 0 Å². The van der Waals surface area contributed by atoms with Crippen LogP contribution in [0.1, 0.15) is 25.3 Å². The Morgan fingerprint density at radius 3 is 2.81 bits per heavy atom. The molecule has 1 atom stereocenters. The molecule has 6 nitrogen and oxygen atoms in total. The van der Waals surface area contributed by atoms with Gasteiger partial charge in [0.05, 0.1) is 6.61 Å². The van der Waals surface area contributed by atoms with Crippen molar-refractivity contribution in [3.8, 4) is 0 Å². The zero-order valence-corrected chi connectivity index (χ0v) is 12.9. The highest BCUT2D eigenvalue weighted by Crippen LogP contribution is 2.40. The van der Waals surface area contributed by atoms with Gasteiger partial charge in [0.15, 0.2) is 5.60 Å². The van der Waals surface area contributed by atoms with Gasteiger partial charge in [-0.3, -0.25) is 14.4 Å². The number of ketones is 1. The van der Waals surface area contributed by atoms with Crippen molar-refractivity contribution in [2.75, 3.05) is 11.9 Å². The Balaban J connectivity index is 2.19. The quantitative estimate of drug-likeness (QED) is 0.616. The van der Waals surface area contributed by atoms with E-state index in [2.05, 4.69) is 26.0 Å². The van der Waals surface area contributed by atoms with E-state index in [0.717, 1.165) is 0 Å². The van der Waals surface area contributed by atoms with Crippen molar-refractivity contribution in [1.82, 2.24) is 0 Å². The molecule has 0 saturated carbocycles. The van der Waals surface area contributed by atoms with Crippen LogP contribution in [0.25, 0.3) is 0 Å². The molecule has 1 aliphatic heterocycles. The number of hydrogen-bond acceptors (Lipinski definition) is 5. The van der Waals surface area contributed by atoms with Crippen LogP contribution in [0.2, 0.25) is 0 Å². The summed E-state index contributed by atoms with van der Waals surface area (Å²) in [5.41, 5.74) is -1.18. The number of benzene rings is 1. The first-order chi connectivity index (χ1) is 9.86. The number of aliphatic hydroxyl groups is 1. The summed E-state index contributed by atoms with van der Waals surface area (Å²) >= 11 is 3.25. The van der Waals surface area contributed by atoms with E-state index in [-0.39, 0.29) is 6.61 Å². The Morgan fingerprint density at radius 2 is 2.14 bits per heavy atom. The number of ether oxygens (including phenoxy) is 1. The van der Waals surface area contributed by atoms with Crippen molar-refractivity contribution in [2.24, 2.45) is 0 Å².